The third-order valence-electron chi connectivity index (χ3n) is 4.60. The molecular formula is C20H31N3O3S. The van der Waals surface area contributed by atoms with Gasteiger partial charge in [-0.3, -0.25) is 4.79 Å². The summed E-state index contributed by atoms with van der Waals surface area (Å²) in [6.07, 6.45) is 8.36. The van der Waals surface area contributed by atoms with Crippen LogP contribution in [0.15, 0.2) is 40.8 Å². The largest absolute Gasteiger partial charge is 0.352 e. The molecule has 0 saturated carbocycles. The molecule has 1 aliphatic rings. The molecule has 2 N–H and O–H groups in total. The molecule has 27 heavy (non-hydrogen) atoms. The maximum absolute atomic E-state index is 12.5. The number of allylic oxidation sites excluding steroid dienone is 1. The molecule has 0 bridgehead atoms. The third-order valence-corrected chi connectivity index (χ3v) is 6.06. The van der Waals surface area contributed by atoms with Crippen LogP contribution in [0.4, 0.5) is 0 Å². The summed E-state index contributed by atoms with van der Waals surface area (Å²) in [6.45, 7) is 1.82. The Hall–Kier alpha value is -1.70. The average Bonchev–Trinajstić information content (AvgIpc) is 2.66. The first-order valence-corrected chi connectivity index (χ1v) is 11.1. The predicted octanol–water partition coefficient (Wildman–Crippen LogP) is 2.54. The lowest BCUT2D eigenvalue weighted by molar-refractivity contribution is 0.0952. The van der Waals surface area contributed by atoms with Gasteiger partial charge in [0.05, 0.1) is 4.90 Å². The van der Waals surface area contributed by atoms with Crippen LogP contribution in [0.25, 0.3) is 0 Å². The summed E-state index contributed by atoms with van der Waals surface area (Å²) in [6, 6.07) is 6.19. The van der Waals surface area contributed by atoms with Gasteiger partial charge in [0, 0.05) is 18.7 Å². The molecule has 0 unspecified atom stereocenters. The van der Waals surface area contributed by atoms with Gasteiger partial charge in [-0.15, -0.1) is 0 Å². The normalized spacial score (nSPS) is 14.9. The summed E-state index contributed by atoms with van der Waals surface area (Å²) >= 11 is 0. The van der Waals surface area contributed by atoms with Crippen LogP contribution in [0, 0.1) is 0 Å². The molecule has 0 fully saturated rings. The number of hydrogen-bond acceptors (Lipinski definition) is 4. The van der Waals surface area contributed by atoms with Crippen LogP contribution in [-0.4, -0.2) is 53.0 Å². The molecule has 1 aromatic rings. The lowest BCUT2D eigenvalue weighted by atomic mass is 9.97. The van der Waals surface area contributed by atoms with E-state index >= 15 is 0 Å². The summed E-state index contributed by atoms with van der Waals surface area (Å²) in [4.78, 5) is 14.4. The fourth-order valence-electron chi connectivity index (χ4n) is 3.06. The van der Waals surface area contributed by atoms with Crippen LogP contribution in [-0.2, 0) is 10.0 Å². The Morgan fingerprint density at radius 3 is 2.70 bits per heavy atom. The Morgan fingerprint density at radius 2 is 2.00 bits per heavy atom. The van der Waals surface area contributed by atoms with Gasteiger partial charge in [-0.2, -0.15) is 0 Å². The number of benzene rings is 1. The highest BCUT2D eigenvalue weighted by Crippen LogP contribution is 2.20. The van der Waals surface area contributed by atoms with Gasteiger partial charge in [-0.25, -0.2) is 13.1 Å². The van der Waals surface area contributed by atoms with E-state index in [4.69, 9.17) is 0 Å². The fourth-order valence-corrected chi connectivity index (χ4v) is 4.14. The summed E-state index contributed by atoms with van der Waals surface area (Å²) in [5.41, 5.74) is 1.69. The number of carbonyl (C=O) groups is 1. The lowest BCUT2D eigenvalue weighted by Crippen LogP contribution is -2.28. The van der Waals surface area contributed by atoms with Crippen LogP contribution in [0.3, 0.4) is 0 Å². The molecule has 7 heteroatoms. The maximum atomic E-state index is 12.5. The van der Waals surface area contributed by atoms with Crippen LogP contribution < -0.4 is 10.0 Å². The highest BCUT2D eigenvalue weighted by molar-refractivity contribution is 7.89. The number of nitrogens with one attached hydrogen (secondary N) is 2. The van der Waals surface area contributed by atoms with Crippen molar-refractivity contribution in [2.24, 2.45) is 0 Å². The Bertz CT molecular complexity index is 757. The van der Waals surface area contributed by atoms with Gasteiger partial charge in [-0.1, -0.05) is 17.7 Å². The van der Waals surface area contributed by atoms with E-state index in [-0.39, 0.29) is 10.8 Å². The van der Waals surface area contributed by atoms with E-state index in [0.29, 0.717) is 18.7 Å². The predicted molar refractivity (Wildman–Crippen MR) is 108 cm³/mol. The zero-order valence-corrected chi connectivity index (χ0v) is 17.1. The minimum Gasteiger partial charge on any atom is -0.352 e. The van der Waals surface area contributed by atoms with Crippen molar-refractivity contribution in [3.63, 3.8) is 0 Å². The van der Waals surface area contributed by atoms with Crippen LogP contribution in [0.5, 0.6) is 0 Å². The van der Waals surface area contributed by atoms with E-state index in [2.05, 4.69) is 16.1 Å². The van der Waals surface area contributed by atoms with Gasteiger partial charge in [0.2, 0.25) is 10.0 Å². The number of rotatable bonds is 10. The average molecular weight is 394 g/mol. The minimum absolute atomic E-state index is 0.126. The molecule has 150 valence electrons. The van der Waals surface area contributed by atoms with E-state index < -0.39 is 10.0 Å². The second-order valence-electron chi connectivity index (χ2n) is 7.20. The second kappa shape index (κ2) is 10.6. The fraction of sp³-hybridized carbons (Fsp3) is 0.550. The molecule has 2 rings (SSSR count). The molecule has 0 atom stereocenters. The first-order valence-electron chi connectivity index (χ1n) is 9.59. The summed E-state index contributed by atoms with van der Waals surface area (Å²) in [5, 5.41) is 2.83. The first-order chi connectivity index (χ1) is 12.9. The number of sulfonamides is 1. The van der Waals surface area contributed by atoms with Crippen molar-refractivity contribution in [1.82, 2.24) is 14.9 Å². The molecular weight excluding hydrogens is 362 g/mol. The third kappa shape index (κ3) is 7.44. The molecule has 0 radical (unpaired) electrons. The SMILES string of the molecule is CN(C)CCCNC(=O)c1cccc(S(=O)(=O)NCCC2=CCCCC2)c1. The smallest absolute Gasteiger partial charge is 0.251 e. The van der Waals surface area contributed by atoms with E-state index in [1.165, 1.54) is 30.5 Å². The van der Waals surface area contributed by atoms with Crippen LogP contribution >= 0.6 is 0 Å². The second-order valence-corrected chi connectivity index (χ2v) is 8.96. The zero-order chi connectivity index (χ0) is 19.7. The topological polar surface area (TPSA) is 78.5 Å². The molecule has 0 aromatic heterocycles. The highest BCUT2D eigenvalue weighted by atomic mass is 32.2. The van der Waals surface area contributed by atoms with Gasteiger partial charge in [0.15, 0.2) is 0 Å². The molecule has 1 amide bonds. The monoisotopic (exact) mass is 393 g/mol. The molecule has 1 aliphatic carbocycles. The minimum atomic E-state index is -3.62. The van der Waals surface area contributed by atoms with Crippen LogP contribution in [0.1, 0.15) is 48.9 Å². The Morgan fingerprint density at radius 1 is 1.19 bits per heavy atom. The number of carbonyl (C=O) groups excluding carboxylic acids is 1. The Balaban J connectivity index is 1.90. The van der Waals surface area contributed by atoms with Crippen molar-refractivity contribution < 1.29 is 13.2 Å². The van der Waals surface area contributed by atoms with Gasteiger partial charge in [0.1, 0.15) is 0 Å². The van der Waals surface area contributed by atoms with Gasteiger partial charge in [0.25, 0.3) is 5.91 Å². The molecule has 1 aromatic carbocycles. The summed E-state index contributed by atoms with van der Waals surface area (Å²) < 4.78 is 27.7. The summed E-state index contributed by atoms with van der Waals surface area (Å²) in [5.74, 6) is -0.252. The highest BCUT2D eigenvalue weighted by Gasteiger charge is 2.16. The van der Waals surface area contributed by atoms with E-state index in [1.807, 2.05) is 19.0 Å². The molecule has 0 aliphatic heterocycles. The van der Waals surface area contributed by atoms with E-state index in [9.17, 15) is 13.2 Å². The Labute approximate surface area is 163 Å². The standard InChI is InChI=1S/C20H31N3O3S/c1-23(2)15-7-13-21-20(24)18-10-6-11-19(16-18)27(25,26)22-14-12-17-8-4-3-5-9-17/h6,8,10-11,16,22H,3-5,7,9,12-15H2,1-2H3,(H,21,24). The zero-order valence-electron chi connectivity index (χ0n) is 16.3. The van der Waals surface area contributed by atoms with Crippen molar-refractivity contribution in [2.45, 2.75) is 43.4 Å². The van der Waals surface area contributed by atoms with Gasteiger partial charge >= 0.3 is 0 Å². The lowest BCUT2D eigenvalue weighted by Gasteiger charge is -2.13. The number of hydrogen-bond donors (Lipinski definition) is 2. The van der Waals surface area contributed by atoms with Crippen molar-refractivity contribution in [1.29, 1.82) is 0 Å². The van der Waals surface area contributed by atoms with Crippen molar-refractivity contribution in [3.05, 3.63) is 41.5 Å². The number of amides is 1. The van der Waals surface area contributed by atoms with Gasteiger partial charge < -0.3 is 10.2 Å². The maximum Gasteiger partial charge on any atom is 0.251 e. The van der Waals surface area contributed by atoms with Crippen molar-refractivity contribution in [3.8, 4) is 0 Å². The molecule has 0 saturated heterocycles. The van der Waals surface area contributed by atoms with E-state index in [0.717, 1.165) is 32.2 Å². The van der Waals surface area contributed by atoms with Crippen molar-refractivity contribution >= 4 is 15.9 Å². The van der Waals surface area contributed by atoms with Gasteiger partial charge in [-0.05, 0) is 77.4 Å². The van der Waals surface area contributed by atoms with E-state index in [1.54, 1.807) is 12.1 Å². The molecule has 0 spiro atoms. The quantitative estimate of drug-likeness (QED) is 0.473. The Kier molecular flexibility index (Phi) is 8.47. The number of nitrogens with zero attached hydrogens (tertiary/aromatic N) is 1. The molecule has 0 heterocycles. The van der Waals surface area contributed by atoms with Crippen LogP contribution in [0.2, 0.25) is 0 Å². The van der Waals surface area contributed by atoms with Crippen molar-refractivity contribution in [2.75, 3.05) is 33.7 Å². The first kappa shape index (κ1) is 21.6. The summed E-state index contributed by atoms with van der Waals surface area (Å²) in [7, 11) is 0.343. The molecule has 6 nitrogen and oxygen atoms in total.